The Hall–Kier alpha value is -5.69. The van der Waals surface area contributed by atoms with Crippen molar-refractivity contribution >= 4 is 51.7 Å². The van der Waals surface area contributed by atoms with E-state index in [1.54, 1.807) is 30.9 Å². The van der Waals surface area contributed by atoms with Crippen LogP contribution in [0.1, 0.15) is 80.2 Å². The van der Waals surface area contributed by atoms with E-state index >= 15 is 8.78 Å². The van der Waals surface area contributed by atoms with E-state index in [0.29, 0.717) is 55.1 Å². The van der Waals surface area contributed by atoms with Gasteiger partial charge in [0.25, 0.3) is 5.91 Å². The fourth-order valence-electron chi connectivity index (χ4n) is 9.01. The number of anilines is 3. The second kappa shape index (κ2) is 16.3. The topological polar surface area (TPSA) is 156 Å². The number of hydrogen-bond donors (Lipinski definition) is 3. The van der Waals surface area contributed by atoms with E-state index in [4.69, 9.17) is 5.10 Å². The van der Waals surface area contributed by atoms with Crippen LogP contribution >= 0.6 is 0 Å². The van der Waals surface area contributed by atoms with Crippen molar-refractivity contribution in [1.82, 2.24) is 29.9 Å². The molecule has 4 aromatic rings. The minimum atomic E-state index is -4.72. The number of hydrogen-bond acceptors (Lipinski definition) is 9. The fourth-order valence-corrected chi connectivity index (χ4v) is 9.01. The summed E-state index contributed by atoms with van der Waals surface area (Å²) in [6, 6.07) is 8.31. The van der Waals surface area contributed by atoms with Crippen LogP contribution in [0, 0.1) is 17.6 Å². The maximum absolute atomic E-state index is 15.2. The number of rotatable bonds is 8. The molecule has 2 aromatic carbocycles. The molecule has 1 aliphatic carbocycles. The van der Waals surface area contributed by atoms with Crippen LogP contribution in [-0.4, -0.2) is 105 Å². The molecule has 4 aliphatic rings. The van der Waals surface area contributed by atoms with Gasteiger partial charge in [0.05, 0.1) is 23.1 Å². The number of amides is 5. The number of fused-ring (bicyclic) bond motifs is 1. The van der Waals surface area contributed by atoms with Crippen LogP contribution in [0.3, 0.4) is 0 Å². The second-order valence-corrected chi connectivity index (χ2v) is 16.8. The molecule has 1 saturated carbocycles. The van der Waals surface area contributed by atoms with Crippen molar-refractivity contribution in [2.24, 2.45) is 5.92 Å². The smallest absolute Gasteiger partial charge is 0.386 e. The first-order chi connectivity index (χ1) is 28.9. The first-order valence-corrected chi connectivity index (χ1v) is 20.4. The molecular weight excluding hydrogens is 806 g/mol. The first-order valence-electron chi connectivity index (χ1n) is 20.4. The summed E-state index contributed by atoms with van der Waals surface area (Å²) in [7, 11) is 0. The molecule has 8 rings (SSSR count). The number of aliphatic hydroxyl groups is 1. The van der Waals surface area contributed by atoms with Gasteiger partial charge < -0.3 is 20.2 Å². The molecule has 5 amide bonds. The number of carbonyl (C=O) groups is 4. The Morgan fingerprint density at radius 1 is 0.885 bits per heavy atom. The zero-order valence-corrected chi connectivity index (χ0v) is 33.6. The van der Waals surface area contributed by atoms with E-state index in [1.165, 1.54) is 6.07 Å². The maximum Gasteiger partial charge on any atom is 0.433 e. The van der Waals surface area contributed by atoms with E-state index < -0.39 is 58.3 Å². The summed E-state index contributed by atoms with van der Waals surface area (Å²) < 4.78 is 72.0. The van der Waals surface area contributed by atoms with Crippen molar-refractivity contribution in [2.75, 3.05) is 60.9 Å². The zero-order chi connectivity index (χ0) is 43.4. The summed E-state index contributed by atoms with van der Waals surface area (Å²) in [6.45, 7) is 6.31. The van der Waals surface area contributed by atoms with Gasteiger partial charge in [-0.25, -0.2) is 18.6 Å². The number of pyridine rings is 1. The van der Waals surface area contributed by atoms with Crippen molar-refractivity contribution in [3.05, 3.63) is 77.2 Å². The number of piperazine rings is 1. The van der Waals surface area contributed by atoms with Crippen LogP contribution in [-0.2, 0) is 21.4 Å². The largest absolute Gasteiger partial charge is 0.433 e. The van der Waals surface area contributed by atoms with Crippen LogP contribution in [0.2, 0.25) is 0 Å². The summed E-state index contributed by atoms with van der Waals surface area (Å²) in [5.41, 5.74) is -2.06. The van der Waals surface area contributed by atoms with Crippen LogP contribution in [0.15, 0.2) is 48.7 Å². The van der Waals surface area contributed by atoms with Gasteiger partial charge in [-0.2, -0.15) is 18.3 Å². The van der Waals surface area contributed by atoms with Gasteiger partial charge in [0.2, 0.25) is 11.8 Å². The number of aromatic nitrogens is 3. The maximum atomic E-state index is 15.2. The number of urea groups is 1. The van der Waals surface area contributed by atoms with E-state index in [9.17, 15) is 37.5 Å². The highest BCUT2D eigenvalue weighted by Crippen LogP contribution is 2.37. The highest BCUT2D eigenvalue weighted by Gasteiger charge is 2.37. The summed E-state index contributed by atoms with van der Waals surface area (Å²) in [5.74, 6) is -3.50. The summed E-state index contributed by atoms with van der Waals surface area (Å²) in [4.78, 5) is 60.8. The molecule has 0 radical (unpaired) electrons. The van der Waals surface area contributed by atoms with Gasteiger partial charge in [-0.3, -0.25) is 34.2 Å². The van der Waals surface area contributed by atoms with Crippen LogP contribution in [0.5, 0.6) is 0 Å². The average Bonchev–Trinajstić information content (AvgIpc) is 3.88. The summed E-state index contributed by atoms with van der Waals surface area (Å²) in [5, 5.41) is 21.2. The molecule has 4 fully saturated rings. The fraction of sp³-hybridized carbons (Fsp3) is 0.476. The zero-order valence-electron chi connectivity index (χ0n) is 33.6. The Morgan fingerprint density at radius 2 is 1.57 bits per heavy atom. The Labute approximate surface area is 347 Å². The van der Waals surface area contributed by atoms with Crippen molar-refractivity contribution < 1.29 is 46.2 Å². The number of nitrogens with zero attached hydrogens (tertiary/aromatic N) is 7. The number of halogens is 5. The van der Waals surface area contributed by atoms with Gasteiger partial charge in [0.15, 0.2) is 11.6 Å². The third kappa shape index (κ3) is 8.75. The standard InChI is InChI=1S/C42H46F5N9O5/c1-41(2,61)29-21-33-25(18-34(29)49-38(58)32-4-3-5-35(48-32)42(45,46)47)23-56(51-33)27-8-6-26(7-9-27)52-14-16-53(17-15-52)39(59)24-10-12-54(22-24)28-19-30(43)37(31(44)20-28)55-13-11-36(57)50-40(55)60/h3-5,18-21,23-24,26-27,61H,6-17,22H2,1-2H3,(H,49,58)(H,50,57,60)/t24-,26?,27?/m1/s1. The third-order valence-electron chi connectivity index (χ3n) is 12.3. The van der Waals surface area contributed by atoms with E-state index in [1.807, 2.05) is 15.8 Å². The minimum absolute atomic E-state index is 0.0200. The molecule has 5 heterocycles. The molecule has 0 bridgehead atoms. The van der Waals surface area contributed by atoms with Crippen LogP contribution in [0.25, 0.3) is 10.9 Å². The quantitative estimate of drug-likeness (QED) is 0.186. The van der Waals surface area contributed by atoms with Crippen molar-refractivity contribution in [1.29, 1.82) is 0 Å². The normalized spacial score (nSPS) is 21.9. The SMILES string of the molecule is CC(C)(O)c1cc2nn(C3CCC(N4CCN(C(=O)[C@@H]5CCN(c6cc(F)c(N7CCC(=O)NC7=O)c(F)c6)C5)CC4)CC3)cc2cc1NC(=O)c1cccc(C(F)(F)F)n1. The Kier molecular flexibility index (Phi) is 11.2. The van der Waals surface area contributed by atoms with Crippen molar-refractivity contribution in [2.45, 2.75) is 76.2 Å². The predicted octanol–water partition coefficient (Wildman–Crippen LogP) is 5.81. The molecule has 1 atom stereocenters. The molecule has 3 N–H and O–H groups in total. The van der Waals surface area contributed by atoms with Gasteiger partial charge in [-0.05, 0) is 82.3 Å². The lowest BCUT2D eigenvalue weighted by Gasteiger charge is -2.42. The lowest BCUT2D eigenvalue weighted by molar-refractivity contribution is -0.141. The molecule has 19 heteroatoms. The lowest BCUT2D eigenvalue weighted by atomic mass is 9.90. The molecule has 2 aromatic heterocycles. The molecule has 324 valence electrons. The number of carbonyl (C=O) groups excluding carboxylic acids is 4. The monoisotopic (exact) mass is 851 g/mol. The van der Waals surface area contributed by atoms with E-state index in [0.717, 1.165) is 67.9 Å². The van der Waals surface area contributed by atoms with Gasteiger partial charge in [0, 0.05) is 86.8 Å². The molecule has 61 heavy (non-hydrogen) atoms. The van der Waals surface area contributed by atoms with Crippen molar-refractivity contribution in [3.8, 4) is 0 Å². The minimum Gasteiger partial charge on any atom is -0.386 e. The van der Waals surface area contributed by atoms with Gasteiger partial charge in [0.1, 0.15) is 17.1 Å². The van der Waals surface area contributed by atoms with Crippen LogP contribution in [0.4, 0.5) is 43.8 Å². The van der Waals surface area contributed by atoms with E-state index in [2.05, 4.69) is 20.5 Å². The van der Waals surface area contributed by atoms with Crippen LogP contribution < -0.4 is 20.4 Å². The molecule has 3 saturated heterocycles. The average molecular weight is 852 g/mol. The Bertz CT molecular complexity index is 2340. The molecule has 0 spiro atoms. The molecule has 3 aliphatic heterocycles. The Morgan fingerprint density at radius 3 is 2.23 bits per heavy atom. The predicted molar refractivity (Wildman–Crippen MR) is 214 cm³/mol. The van der Waals surface area contributed by atoms with Crippen molar-refractivity contribution in [3.63, 3.8) is 0 Å². The number of benzene rings is 2. The lowest BCUT2D eigenvalue weighted by Crippen LogP contribution is -2.53. The number of nitrogens with one attached hydrogen (secondary N) is 2. The molecule has 0 unspecified atom stereocenters. The number of alkyl halides is 3. The van der Waals surface area contributed by atoms with E-state index in [-0.39, 0.29) is 42.2 Å². The number of imide groups is 1. The first kappa shape index (κ1) is 42.0. The van der Waals surface area contributed by atoms with Gasteiger partial charge in [-0.1, -0.05) is 6.07 Å². The summed E-state index contributed by atoms with van der Waals surface area (Å²) in [6.07, 6.45) is 1.17. The second-order valence-electron chi connectivity index (χ2n) is 16.8. The Balaban J connectivity index is 0.845. The highest BCUT2D eigenvalue weighted by molar-refractivity contribution is 6.06. The van der Waals surface area contributed by atoms with Gasteiger partial charge >= 0.3 is 12.2 Å². The highest BCUT2D eigenvalue weighted by atomic mass is 19.4. The third-order valence-corrected chi connectivity index (χ3v) is 12.3. The molecule has 14 nitrogen and oxygen atoms in total. The van der Waals surface area contributed by atoms with Gasteiger partial charge in [-0.15, -0.1) is 0 Å². The summed E-state index contributed by atoms with van der Waals surface area (Å²) >= 11 is 0. The molecular formula is C42H46F5N9O5.